The van der Waals surface area contributed by atoms with E-state index in [1.807, 2.05) is 29.2 Å². The molecule has 0 spiro atoms. The summed E-state index contributed by atoms with van der Waals surface area (Å²) in [6, 6.07) is 7.67. The normalized spacial score (nSPS) is 26.9. The maximum Gasteiger partial charge on any atom is 0.253 e. The van der Waals surface area contributed by atoms with Crippen molar-refractivity contribution >= 4 is 21.8 Å². The van der Waals surface area contributed by atoms with E-state index < -0.39 is 0 Å². The van der Waals surface area contributed by atoms with Crippen molar-refractivity contribution in [3.05, 3.63) is 34.3 Å². The summed E-state index contributed by atoms with van der Waals surface area (Å²) in [7, 11) is 0. The lowest BCUT2D eigenvalue weighted by atomic mass is 9.92. The summed E-state index contributed by atoms with van der Waals surface area (Å²) in [5.41, 5.74) is 0.799. The molecule has 1 amide bonds. The molecule has 2 fully saturated rings. The number of rotatable bonds is 1. The van der Waals surface area contributed by atoms with E-state index in [2.05, 4.69) is 21.2 Å². The summed E-state index contributed by atoms with van der Waals surface area (Å²) in [6.45, 7) is 4.06. The Morgan fingerprint density at radius 2 is 1.68 bits per heavy atom. The lowest BCUT2D eigenvalue weighted by Crippen LogP contribution is -2.32. The number of fused-ring (bicyclic) bond motifs is 1. The first-order valence-corrected chi connectivity index (χ1v) is 7.79. The molecule has 0 bridgehead atoms. The van der Waals surface area contributed by atoms with Gasteiger partial charge in [0.15, 0.2) is 0 Å². The van der Waals surface area contributed by atoms with Crippen LogP contribution in [0.15, 0.2) is 28.7 Å². The van der Waals surface area contributed by atoms with Gasteiger partial charge in [0.2, 0.25) is 0 Å². The van der Waals surface area contributed by atoms with Crippen molar-refractivity contribution < 1.29 is 4.79 Å². The van der Waals surface area contributed by atoms with E-state index in [0.717, 1.165) is 60.9 Å². The second-order valence-corrected chi connectivity index (χ2v) is 6.47. The van der Waals surface area contributed by atoms with E-state index in [0.29, 0.717) is 0 Å². The number of amides is 1. The topological polar surface area (TPSA) is 32.3 Å². The zero-order valence-corrected chi connectivity index (χ0v) is 12.5. The van der Waals surface area contributed by atoms with Gasteiger partial charge in [0.05, 0.1) is 0 Å². The Bertz CT molecular complexity index is 446. The first kappa shape index (κ1) is 13.1. The summed E-state index contributed by atoms with van der Waals surface area (Å²) in [5.74, 6) is 1.71. The molecule has 1 aromatic rings. The Morgan fingerprint density at radius 3 is 2.26 bits per heavy atom. The van der Waals surface area contributed by atoms with Crippen molar-refractivity contribution in [2.24, 2.45) is 11.8 Å². The summed E-state index contributed by atoms with van der Waals surface area (Å²) < 4.78 is 1.01. The van der Waals surface area contributed by atoms with Crippen LogP contribution in [0, 0.1) is 11.8 Å². The minimum Gasteiger partial charge on any atom is -0.339 e. The zero-order chi connectivity index (χ0) is 13.2. The highest BCUT2D eigenvalue weighted by molar-refractivity contribution is 9.10. The quantitative estimate of drug-likeness (QED) is 0.861. The Balaban J connectivity index is 1.68. The molecule has 0 aliphatic carbocycles. The van der Waals surface area contributed by atoms with Crippen LogP contribution in [-0.2, 0) is 0 Å². The highest BCUT2D eigenvalue weighted by Gasteiger charge is 2.31. The van der Waals surface area contributed by atoms with Gasteiger partial charge < -0.3 is 10.2 Å². The molecular weight excluding hydrogens is 304 g/mol. The lowest BCUT2D eigenvalue weighted by Gasteiger charge is -2.21. The third-order valence-electron chi connectivity index (χ3n) is 4.40. The Morgan fingerprint density at radius 1 is 1.11 bits per heavy atom. The van der Waals surface area contributed by atoms with E-state index >= 15 is 0 Å². The molecule has 1 N–H and O–H groups in total. The van der Waals surface area contributed by atoms with Gasteiger partial charge in [-0.15, -0.1) is 0 Å². The van der Waals surface area contributed by atoms with Gasteiger partial charge in [0.25, 0.3) is 5.91 Å². The second-order valence-electron chi connectivity index (χ2n) is 5.55. The molecule has 3 rings (SSSR count). The highest BCUT2D eigenvalue weighted by atomic mass is 79.9. The molecule has 1 aromatic carbocycles. The van der Waals surface area contributed by atoms with Crippen LogP contribution < -0.4 is 5.32 Å². The van der Waals surface area contributed by atoms with Gasteiger partial charge in [-0.1, -0.05) is 15.9 Å². The summed E-state index contributed by atoms with van der Waals surface area (Å²) in [5, 5.41) is 3.47. The molecule has 0 saturated carbocycles. The largest absolute Gasteiger partial charge is 0.339 e. The Hall–Kier alpha value is -0.870. The van der Waals surface area contributed by atoms with Crippen LogP contribution in [0.2, 0.25) is 0 Å². The summed E-state index contributed by atoms with van der Waals surface area (Å²) in [6.07, 6.45) is 2.28. The fourth-order valence-electron chi connectivity index (χ4n) is 3.20. The molecule has 2 saturated heterocycles. The molecule has 3 nitrogen and oxygen atoms in total. The van der Waals surface area contributed by atoms with E-state index in [4.69, 9.17) is 0 Å². The van der Waals surface area contributed by atoms with Crippen LogP contribution in [0.5, 0.6) is 0 Å². The number of carbonyl (C=O) groups excluding carboxylic acids is 1. The lowest BCUT2D eigenvalue weighted by molar-refractivity contribution is 0.0758. The van der Waals surface area contributed by atoms with Crippen LogP contribution in [-0.4, -0.2) is 37.0 Å². The standard InChI is InChI=1S/C15H19BrN2O/c16-14-3-1-11(2-4-14)15(19)18-7-5-12-9-17-10-13(12)6-8-18/h1-4,12-13,17H,5-10H2/t12-,13+. The predicted molar refractivity (Wildman–Crippen MR) is 79.1 cm³/mol. The number of likely N-dealkylation sites (tertiary alicyclic amines) is 1. The minimum absolute atomic E-state index is 0.181. The van der Waals surface area contributed by atoms with Crippen LogP contribution in [0.25, 0.3) is 0 Å². The van der Waals surface area contributed by atoms with Crippen LogP contribution >= 0.6 is 15.9 Å². The van der Waals surface area contributed by atoms with Gasteiger partial charge >= 0.3 is 0 Å². The number of hydrogen-bond donors (Lipinski definition) is 1. The SMILES string of the molecule is O=C(c1ccc(Br)cc1)N1CC[C@@H]2CNC[C@@H]2CC1. The fraction of sp³-hybridized carbons (Fsp3) is 0.533. The number of nitrogens with zero attached hydrogens (tertiary/aromatic N) is 1. The van der Waals surface area contributed by atoms with E-state index in [9.17, 15) is 4.79 Å². The second kappa shape index (κ2) is 5.63. The molecule has 4 heteroatoms. The van der Waals surface area contributed by atoms with Crippen molar-refractivity contribution in [1.29, 1.82) is 0 Å². The molecule has 0 aromatic heterocycles. The van der Waals surface area contributed by atoms with Crippen molar-refractivity contribution in [1.82, 2.24) is 10.2 Å². The van der Waals surface area contributed by atoms with Gasteiger partial charge in [-0.05, 0) is 62.0 Å². The van der Waals surface area contributed by atoms with Gasteiger partial charge in [-0.3, -0.25) is 4.79 Å². The van der Waals surface area contributed by atoms with Gasteiger partial charge in [-0.25, -0.2) is 0 Å². The zero-order valence-electron chi connectivity index (χ0n) is 10.9. The van der Waals surface area contributed by atoms with E-state index in [-0.39, 0.29) is 5.91 Å². The fourth-order valence-corrected chi connectivity index (χ4v) is 3.46. The maximum atomic E-state index is 12.5. The number of nitrogens with one attached hydrogen (secondary N) is 1. The molecule has 2 aliphatic heterocycles. The molecule has 2 heterocycles. The summed E-state index contributed by atoms with van der Waals surface area (Å²) in [4.78, 5) is 14.5. The molecule has 2 aliphatic rings. The third-order valence-corrected chi connectivity index (χ3v) is 4.93. The average Bonchev–Trinajstić information content (AvgIpc) is 2.78. The minimum atomic E-state index is 0.181. The Kier molecular flexibility index (Phi) is 3.89. The Labute approximate surface area is 122 Å². The maximum absolute atomic E-state index is 12.5. The summed E-state index contributed by atoms with van der Waals surface area (Å²) >= 11 is 3.40. The first-order valence-electron chi connectivity index (χ1n) is 6.99. The van der Waals surface area contributed by atoms with Crippen molar-refractivity contribution in [3.63, 3.8) is 0 Å². The average molecular weight is 323 g/mol. The monoisotopic (exact) mass is 322 g/mol. The van der Waals surface area contributed by atoms with Crippen molar-refractivity contribution in [3.8, 4) is 0 Å². The number of halogens is 1. The van der Waals surface area contributed by atoms with Crippen LogP contribution in [0.4, 0.5) is 0 Å². The van der Waals surface area contributed by atoms with E-state index in [1.165, 1.54) is 0 Å². The molecule has 0 radical (unpaired) electrons. The van der Waals surface area contributed by atoms with Crippen LogP contribution in [0.1, 0.15) is 23.2 Å². The number of carbonyl (C=O) groups is 1. The number of hydrogen-bond acceptors (Lipinski definition) is 2. The molecule has 2 atom stereocenters. The third kappa shape index (κ3) is 2.84. The van der Waals surface area contributed by atoms with Gasteiger partial charge in [0.1, 0.15) is 0 Å². The predicted octanol–water partition coefficient (Wildman–Crippen LogP) is 2.52. The number of benzene rings is 1. The highest BCUT2D eigenvalue weighted by Crippen LogP contribution is 2.27. The van der Waals surface area contributed by atoms with Gasteiger partial charge in [-0.2, -0.15) is 0 Å². The van der Waals surface area contributed by atoms with E-state index in [1.54, 1.807) is 0 Å². The molecule has 0 unspecified atom stereocenters. The van der Waals surface area contributed by atoms with Gasteiger partial charge in [0, 0.05) is 23.1 Å². The molecular formula is C15H19BrN2O. The molecule has 102 valence electrons. The molecule has 19 heavy (non-hydrogen) atoms. The van der Waals surface area contributed by atoms with Crippen LogP contribution in [0.3, 0.4) is 0 Å². The van der Waals surface area contributed by atoms with Crippen molar-refractivity contribution in [2.75, 3.05) is 26.2 Å². The van der Waals surface area contributed by atoms with Crippen molar-refractivity contribution in [2.45, 2.75) is 12.8 Å². The first-order chi connectivity index (χ1) is 9.24. The smallest absolute Gasteiger partial charge is 0.253 e.